The highest BCUT2D eigenvalue weighted by molar-refractivity contribution is 7.07. The van der Waals surface area contributed by atoms with Crippen molar-refractivity contribution < 1.29 is 9.53 Å². The zero-order valence-electron chi connectivity index (χ0n) is 21.3. The summed E-state index contributed by atoms with van der Waals surface area (Å²) in [5.74, 6) is -0.104. The first-order valence-electron chi connectivity index (χ1n) is 12.0. The maximum atomic E-state index is 13.9. The van der Waals surface area contributed by atoms with Gasteiger partial charge in [0.05, 0.1) is 29.0 Å². The molecule has 0 bridgehead atoms. The molecule has 36 heavy (non-hydrogen) atoms. The van der Waals surface area contributed by atoms with E-state index < -0.39 is 12.0 Å². The third-order valence-corrected chi connectivity index (χ3v) is 7.88. The van der Waals surface area contributed by atoms with Gasteiger partial charge in [-0.25, -0.2) is 9.79 Å². The number of hydrogen-bond donors (Lipinski definition) is 1. The summed E-state index contributed by atoms with van der Waals surface area (Å²) in [5, 5.41) is 1.07. The highest BCUT2D eigenvalue weighted by atomic mass is 32.1. The van der Waals surface area contributed by atoms with Gasteiger partial charge in [-0.1, -0.05) is 67.6 Å². The van der Waals surface area contributed by atoms with E-state index in [2.05, 4.69) is 55.0 Å². The van der Waals surface area contributed by atoms with E-state index >= 15 is 0 Å². The van der Waals surface area contributed by atoms with Gasteiger partial charge < -0.3 is 9.72 Å². The van der Waals surface area contributed by atoms with Crippen molar-refractivity contribution in [3.63, 3.8) is 0 Å². The van der Waals surface area contributed by atoms with Gasteiger partial charge in [0.15, 0.2) is 4.80 Å². The first kappa shape index (κ1) is 24.0. The Morgan fingerprint density at radius 1 is 1.14 bits per heavy atom. The molecule has 0 unspecified atom stereocenters. The molecule has 0 amide bonds. The first-order chi connectivity index (χ1) is 17.2. The molecule has 7 heteroatoms. The number of aromatic amines is 1. The highest BCUT2D eigenvalue weighted by Gasteiger charge is 2.33. The lowest BCUT2D eigenvalue weighted by molar-refractivity contribution is -0.136. The number of fused-ring (bicyclic) bond motifs is 2. The SMILES string of the molecule is COC(=O)C1=C(C)N=c2s/c(=C\c3c(C)[nH]c4c(C)cccc34)c(=O)n2[C@@H]1c1ccc(C(C)C)cc1. The van der Waals surface area contributed by atoms with Crippen LogP contribution in [0.5, 0.6) is 0 Å². The number of esters is 1. The summed E-state index contributed by atoms with van der Waals surface area (Å²) < 4.78 is 7.32. The van der Waals surface area contributed by atoms with E-state index in [1.54, 1.807) is 11.5 Å². The summed E-state index contributed by atoms with van der Waals surface area (Å²) in [6.45, 7) is 10.1. The van der Waals surface area contributed by atoms with Gasteiger partial charge in [-0.05, 0) is 49.5 Å². The third kappa shape index (κ3) is 3.84. The molecule has 0 fully saturated rings. The molecule has 3 heterocycles. The number of aromatic nitrogens is 2. The van der Waals surface area contributed by atoms with Crippen LogP contribution in [0.1, 0.15) is 60.7 Å². The van der Waals surface area contributed by atoms with Crippen molar-refractivity contribution in [1.29, 1.82) is 0 Å². The van der Waals surface area contributed by atoms with Crippen molar-refractivity contribution in [2.75, 3.05) is 7.11 Å². The number of methoxy groups -OCH3 is 1. The largest absolute Gasteiger partial charge is 0.466 e. The molecule has 0 saturated heterocycles. The molecule has 4 aromatic rings. The summed E-state index contributed by atoms with van der Waals surface area (Å²) in [6.07, 6.45) is 1.94. The maximum Gasteiger partial charge on any atom is 0.338 e. The number of hydrogen-bond acceptors (Lipinski definition) is 5. The molecule has 1 aliphatic heterocycles. The Kier molecular flexibility index (Phi) is 6.04. The van der Waals surface area contributed by atoms with Gasteiger partial charge in [-0.3, -0.25) is 9.36 Å². The predicted octanol–water partition coefficient (Wildman–Crippen LogP) is 4.63. The number of ether oxygens (including phenoxy) is 1. The summed E-state index contributed by atoms with van der Waals surface area (Å²) in [4.78, 5) is 35.4. The number of allylic oxidation sites excluding steroid dienone is 1. The zero-order valence-corrected chi connectivity index (χ0v) is 22.1. The fourth-order valence-corrected chi connectivity index (χ4v) is 5.93. The number of para-hydroxylation sites is 1. The van der Waals surface area contributed by atoms with Crippen LogP contribution in [0, 0.1) is 13.8 Å². The summed E-state index contributed by atoms with van der Waals surface area (Å²) in [5.41, 5.74) is 7.02. The van der Waals surface area contributed by atoms with Gasteiger partial charge in [0.25, 0.3) is 5.56 Å². The molecule has 0 spiro atoms. The second-order valence-corrected chi connectivity index (χ2v) is 10.6. The van der Waals surface area contributed by atoms with Crippen LogP contribution < -0.4 is 14.9 Å². The summed E-state index contributed by atoms with van der Waals surface area (Å²) >= 11 is 1.34. The quantitative estimate of drug-likeness (QED) is 0.416. The first-order valence-corrected chi connectivity index (χ1v) is 12.8. The Balaban J connectivity index is 1.75. The van der Waals surface area contributed by atoms with Crippen molar-refractivity contribution in [3.05, 3.63) is 101 Å². The molecule has 0 radical (unpaired) electrons. The number of carbonyl (C=O) groups is 1. The number of H-pyrrole nitrogens is 1. The van der Waals surface area contributed by atoms with Crippen LogP contribution in [0.3, 0.4) is 0 Å². The lowest BCUT2D eigenvalue weighted by atomic mass is 9.93. The van der Waals surface area contributed by atoms with Gasteiger partial charge in [-0.2, -0.15) is 0 Å². The van der Waals surface area contributed by atoms with E-state index in [0.717, 1.165) is 33.3 Å². The second kappa shape index (κ2) is 9.06. The van der Waals surface area contributed by atoms with Crippen molar-refractivity contribution in [2.45, 2.75) is 46.6 Å². The number of aryl methyl sites for hydroxylation is 2. The molecule has 2 aromatic carbocycles. The van der Waals surface area contributed by atoms with Crippen LogP contribution in [0.4, 0.5) is 0 Å². The molecule has 1 atom stereocenters. The molecule has 6 nitrogen and oxygen atoms in total. The van der Waals surface area contributed by atoms with Gasteiger partial charge in [-0.15, -0.1) is 0 Å². The van der Waals surface area contributed by atoms with Crippen LogP contribution in [0.2, 0.25) is 0 Å². The van der Waals surface area contributed by atoms with E-state index in [1.807, 2.05) is 31.2 Å². The molecular formula is C29H29N3O3S. The van der Waals surface area contributed by atoms with Crippen LogP contribution in [-0.4, -0.2) is 22.6 Å². The van der Waals surface area contributed by atoms with Crippen LogP contribution in [0.15, 0.2) is 63.5 Å². The van der Waals surface area contributed by atoms with Crippen molar-refractivity contribution >= 4 is 34.3 Å². The fourth-order valence-electron chi connectivity index (χ4n) is 4.90. The normalized spacial score (nSPS) is 16.0. The Labute approximate surface area is 213 Å². The van der Waals surface area contributed by atoms with Gasteiger partial charge in [0.2, 0.25) is 0 Å². The summed E-state index contributed by atoms with van der Waals surface area (Å²) in [7, 11) is 1.36. The Hall–Kier alpha value is -3.71. The molecule has 5 rings (SSSR count). The van der Waals surface area contributed by atoms with E-state index in [1.165, 1.54) is 24.0 Å². The average Bonchev–Trinajstić information content (AvgIpc) is 3.34. The monoisotopic (exact) mass is 499 g/mol. The number of nitrogens with zero attached hydrogens (tertiary/aromatic N) is 2. The Morgan fingerprint density at radius 3 is 2.53 bits per heavy atom. The highest BCUT2D eigenvalue weighted by Crippen LogP contribution is 2.31. The van der Waals surface area contributed by atoms with Crippen LogP contribution in [0.25, 0.3) is 17.0 Å². The number of nitrogens with one attached hydrogen (secondary N) is 1. The predicted molar refractivity (Wildman–Crippen MR) is 144 cm³/mol. The molecule has 2 aromatic heterocycles. The van der Waals surface area contributed by atoms with Gasteiger partial charge in [0.1, 0.15) is 0 Å². The Bertz CT molecular complexity index is 1720. The van der Waals surface area contributed by atoms with E-state index in [4.69, 9.17) is 4.74 Å². The van der Waals surface area contributed by atoms with Crippen LogP contribution in [-0.2, 0) is 9.53 Å². The lowest BCUT2D eigenvalue weighted by Gasteiger charge is -2.24. The molecule has 0 saturated carbocycles. The van der Waals surface area contributed by atoms with Gasteiger partial charge in [0, 0.05) is 22.2 Å². The summed E-state index contributed by atoms with van der Waals surface area (Å²) in [6, 6.07) is 13.6. The van der Waals surface area contributed by atoms with Crippen LogP contribution >= 0.6 is 11.3 Å². The third-order valence-electron chi connectivity index (χ3n) is 6.90. The number of benzene rings is 2. The van der Waals surface area contributed by atoms with Crippen molar-refractivity contribution in [3.8, 4) is 0 Å². The van der Waals surface area contributed by atoms with E-state index in [9.17, 15) is 9.59 Å². The molecule has 1 N–H and O–H groups in total. The van der Waals surface area contributed by atoms with E-state index in [0.29, 0.717) is 26.5 Å². The molecule has 184 valence electrons. The molecule has 1 aliphatic rings. The topological polar surface area (TPSA) is 76.4 Å². The lowest BCUT2D eigenvalue weighted by Crippen LogP contribution is -2.39. The smallest absolute Gasteiger partial charge is 0.338 e. The minimum atomic E-state index is -0.608. The zero-order chi connectivity index (χ0) is 25.7. The minimum Gasteiger partial charge on any atom is -0.466 e. The number of rotatable bonds is 4. The van der Waals surface area contributed by atoms with Crippen molar-refractivity contribution in [1.82, 2.24) is 9.55 Å². The second-order valence-electron chi connectivity index (χ2n) is 9.56. The fraction of sp³-hybridized carbons (Fsp3) is 0.276. The van der Waals surface area contributed by atoms with Crippen molar-refractivity contribution in [2.24, 2.45) is 4.99 Å². The molecule has 0 aliphatic carbocycles. The van der Waals surface area contributed by atoms with Gasteiger partial charge >= 0.3 is 5.97 Å². The van der Waals surface area contributed by atoms with E-state index in [-0.39, 0.29) is 5.56 Å². The molecular weight excluding hydrogens is 470 g/mol. The average molecular weight is 500 g/mol. The maximum absolute atomic E-state index is 13.9. The number of carbonyl (C=O) groups excluding carboxylic acids is 1. The number of thiazole rings is 1. The Morgan fingerprint density at radius 2 is 1.86 bits per heavy atom. The minimum absolute atomic E-state index is 0.174. The standard InChI is InChI=1S/C29H29N3O3S/c1-15(2)19-10-12-20(13-11-19)26-24(28(34)35-6)18(5)31-29-32(26)27(33)23(36-29)14-22-17(4)30-25-16(3)8-7-9-21(22)25/h7-15,26,30H,1-6H3/b23-14-/t26-/m1/s1.